The molecule has 0 spiro atoms. The van der Waals surface area contributed by atoms with E-state index in [0.29, 0.717) is 36.3 Å². The molecule has 2 fully saturated rings. The summed E-state index contributed by atoms with van der Waals surface area (Å²) in [6.07, 6.45) is 17.8. The van der Waals surface area contributed by atoms with Crippen molar-refractivity contribution in [1.29, 1.82) is 0 Å². The summed E-state index contributed by atoms with van der Waals surface area (Å²) in [5.74, 6) is 0. The van der Waals surface area contributed by atoms with Gasteiger partial charge in [0.25, 0.3) is 0 Å². The summed E-state index contributed by atoms with van der Waals surface area (Å²) in [7, 11) is 9.59. The molecule has 2 aromatic rings. The standard InChI is InChI=1S/C33H47N5.2ClH.Mn/c1-2-10-22(11-3-1)31-23-12-8-18-29-32(23)38-33-24(31)13-9-19-30(33)37-28-17-7-5-15-26(28)35-21-20-34-25-14-4-6-16-27(25)36-29;;;/h1-3,10-11,25-30,34-37H,4-9,12-21H2;2*1H;/q;;;+2/p-2/t25-,26-,27-,28-,29?,30?;;;/m1.../s1. The SMILES string of the molecule is [Cl][Mn][Cl].c1ccc(-c2c3c4nc5c2CCCC5N[C@@H]2CCCC[C@H]2NCCN[C@@H]2CCCC[C@H]2NC4CCC3)cc1. The Hall–Kier alpha value is -0.691. The van der Waals surface area contributed by atoms with Gasteiger partial charge in [-0.1, -0.05) is 56.0 Å². The number of pyridine rings is 1. The van der Waals surface area contributed by atoms with Crippen LogP contribution < -0.4 is 21.3 Å². The first-order chi connectivity index (χ1) is 20.3. The van der Waals surface area contributed by atoms with Crippen LogP contribution in [-0.4, -0.2) is 42.2 Å². The normalized spacial score (nSPS) is 31.8. The molecule has 41 heavy (non-hydrogen) atoms. The Morgan fingerprint density at radius 3 is 1.56 bits per heavy atom. The van der Waals surface area contributed by atoms with E-state index in [1.807, 2.05) is 0 Å². The molecule has 1 aromatic heterocycles. The summed E-state index contributed by atoms with van der Waals surface area (Å²) in [5.41, 5.74) is 8.77. The Labute approximate surface area is 261 Å². The molecule has 1 aromatic carbocycles. The topological polar surface area (TPSA) is 61.0 Å². The van der Waals surface area contributed by atoms with Crippen LogP contribution in [0.25, 0.3) is 11.1 Å². The molecule has 0 amide bonds. The minimum atomic E-state index is 0.00694. The van der Waals surface area contributed by atoms with Gasteiger partial charge < -0.3 is 21.3 Å². The zero-order valence-corrected chi connectivity index (χ0v) is 26.9. The first kappa shape index (κ1) is 30.3. The van der Waals surface area contributed by atoms with Gasteiger partial charge in [-0.15, -0.1) is 0 Å². The van der Waals surface area contributed by atoms with Gasteiger partial charge in [0, 0.05) is 37.3 Å². The summed E-state index contributed by atoms with van der Waals surface area (Å²) >= 11 is 0.00694. The number of aromatic nitrogens is 1. The van der Waals surface area contributed by atoms with Gasteiger partial charge in [0.1, 0.15) is 0 Å². The van der Waals surface area contributed by atoms with Crippen molar-refractivity contribution >= 4 is 20.2 Å². The van der Waals surface area contributed by atoms with E-state index in [4.69, 9.17) is 25.2 Å². The molecule has 8 heteroatoms. The Morgan fingerprint density at radius 2 is 1.07 bits per heavy atom. The zero-order chi connectivity index (χ0) is 28.0. The molecule has 0 radical (unpaired) electrons. The van der Waals surface area contributed by atoms with Crippen LogP contribution in [0.5, 0.6) is 0 Å². The van der Waals surface area contributed by atoms with Crippen LogP contribution in [0.2, 0.25) is 0 Å². The van der Waals surface area contributed by atoms with Crippen LogP contribution >= 0.6 is 20.2 Å². The number of nitrogens with one attached hydrogen (secondary N) is 4. The molecule has 4 N–H and O–H groups in total. The van der Waals surface area contributed by atoms with E-state index in [-0.39, 0.29) is 13.1 Å². The molecular weight excluding hydrogens is 592 g/mol. The van der Waals surface area contributed by atoms with Crippen molar-refractivity contribution in [1.82, 2.24) is 26.3 Å². The van der Waals surface area contributed by atoms with Gasteiger partial charge in [-0.05, 0) is 86.5 Å². The molecule has 5 nitrogen and oxygen atoms in total. The number of benzene rings is 1. The summed E-state index contributed by atoms with van der Waals surface area (Å²) in [6, 6.07) is 14.2. The average Bonchev–Trinajstić information content (AvgIpc) is 3.01. The van der Waals surface area contributed by atoms with Crippen LogP contribution in [0.15, 0.2) is 30.3 Å². The summed E-state index contributed by atoms with van der Waals surface area (Å²) in [5, 5.41) is 16.4. The van der Waals surface area contributed by atoms with Crippen molar-refractivity contribution in [2.24, 2.45) is 0 Å². The monoisotopic (exact) mass is 638 g/mol. The molecule has 0 saturated heterocycles. The third-order valence-electron chi connectivity index (χ3n) is 10.3. The van der Waals surface area contributed by atoms with Crippen LogP contribution in [-0.2, 0) is 26.0 Å². The van der Waals surface area contributed by atoms with Crippen molar-refractivity contribution in [2.45, 2.75) is 126 Å². The molecule has 2 unspecified atom stereocenters. The van der Waals surface area contributed by atoms with Crippen LogP contribution in [0.4, 0.5) is 0 Å². The van der Waals surface area contributed by atoms with Gasteiger partial charge in [0.2, 0.25) is 0 Å². The van der Waals surface area contributed by atoms with Crippen molar-refractivity contribution in [3.05, 3.63) is 52.8 Å². The molecule has 225 valence electrons. The Kier molecular flexibility index (Phi) is 11.0. The fourth-order valence-corrected chi connectivity index (χ4v) is 8.48. The van der Waals surface area contributed by atoms with Gasteiger partial charge in [-0.3, -0.25) is 4.98 Å². The second-order valence-electron chi connectivity index (χ2n) is 12.8. The van der Waals surface area contributed by atoms with E-state index in [1.54, 1.807) is 11.1 Å². The molecule has 2 bridgehead atoms. The molecule has 6 atom stereocenters. The van der Waals surface area contributed by atoms with E-state index in [9.17, 15) is 0 Å². The number of hydrogen-bond donors (Lipinski definition) is 4. The molecule has 4 aliphatic carbocycles. The van der Waals surface area contributed by atoms with Gasteiger partial charge in [0.05, 0.1) is 23.5 Å². The van der Waals surface area contributed by atoms with E-state index in [2.05, 4.69) is 51.6 Å². The minimum Gasteiger partial charge on any atom is -0.311 e. The average molecular weight is 640 g/mol. The number of halogens is 2. The van der Waals surface area contributed by atoms with E-state index >= 15 is 0 Å². The van der Waals surface area contributed by atoms with Crippen molar-refractivity contribution in [3.63, 3.8) is 0 Å². The zero-order valence-electron chi connectivity index (χ0n) is 24.2. The largest absolute Gasteiger partial charge is 0.311 e. The molecular formula is C33H47Cl2MnN5. The molecule has 5 aliphatic rings. The summed E-state index contributed by atoms with van der Waals surface area (Å²) < 4.78 is 0. The number of nitrogens with zero attached hydrogens (tertiary/aromatic N) is 1. The van der Waals surface area contributed by atoms with Crippen molar-refractivity contribution in [3.8, 4) is 11.1 Å². The quantitative estimate of drug-likeness (QED) is 0.257. The third-order valence-corrected chi connectivity index (χ3v) is 10.3. The number of hydrogen-bond acceptors (Lipinski definition) is 5. The third kappa shape index (κ3) is 7.02. The Morgan fingerprint density at radius 1 is 0.610 bits per heavy atom. The first-order valence-corrected chi connectivity index (χ1v) is 19.5. The first-order valence-electron chi connectivity index (χ1n) is 16.2. The van der Waals surface area contributed by atoms with E-state index < -0.39 is 0 Å². The predicted molar refractivity (Wildman–Crippen MR) is 167 cm³/mol. The van der Waals surface area contributed by atoms with Gasteiger partial charge in [0.15, 0.2) is 0 Å². The van der Waals surface area contributed by atoms with Crippen LogP contribution in [0.3, 0.4) is 0 Å². The Bertz CT molecular complexity index is 1070. The minimum absolute atomic E-state index is 0.00694. The van der Waals surface area contributed by atoms with Crippen LogP contribution in [0.1, 0.15) is 112 Å². The second-order valence-corrected chi connectivity index (χ2v) is 14.7. The Balaban J connectivity index is 0.000000967. The van der Waals surface area contributed by atoms with E-state index in [0.717, 1.165) is 25.9 Å². The second kappa shape index (κ2) is 14.9. The van der Waals surface area contributed by atoms with Crippen molar-refractivity contribution < 1.29 is 13.1 Å². The predicted octanol–water partition coefficient (Wildman–Crippen LogP) is 6.87. The number of fused-ring (bicyclic) bond motifs is 2. The van der Waals surface area contributed by atoms with Gasteiger partial charge in [-0.2, -0.15) is 0 Å². The maximum Gasteiger partial charge on any atom is 0.0615 e. The molecule has 7 rings (SSSR count). The van der Waals surface area contributed by atoms with Gasteiger partial charge in [-0.25, -0.2) is 0 Å². The molecule has 1 aliphatic heterocycles. The molecule has 2 saturated carbocycles. The number of rotatable bonds is 1. The maximum atomic E-state index is 5.69. The maximum absolute atomic E-state index is 5.69. The van der Waals surface area contributed by atoms with Crippen LogP contribution in [0, 0.1) is 0 Å². The van der Waals surface area contributed by atoms with E-state index in [1.165, 1.54) is 99.6 Å². The summed E-state index contributed by atoms with van der Waals surface area (Å²) in [6.45, 7) is 2.14. The van der Waals surface area contributed by atoms with Gasteiger partial charge >= 0.3 is 33.3 Å². The fourth-order valence-electron chi connectivity index (χ4n) is 8.48. The summed E-state index contributed by atoms with van der Waals surface area (Å²) in [4.78, 5) is 5.69. The smallest absolute Gasteiger partial charge is 0.0615 e. The van der Waals surface area contributed by atoms with Crippen molar-refractivity contribution in [2.75, 3.05) is 13.1 Å². The molecule has 2 heterocycles. The fraction of sp³-hybridized carbons (Fsp3) is 0.667.